The highest BCUT2D eigenvalue weighted by Gasteiger charge is 2.23. The van der Waals surface area contributed by atoms with Gasteiger partial charge in [0.15, 0.2) is 0 Å². The molecule has 0 radical (unpaired) electrons. The number of halogens is 2. The molecule has 1 aromatic carbocycles. The van der Waals surface area contributed by atoms with Crippen LogP contribution in [0.15, 0.2) is 18.2 Å². The highest BCUT2D eigenvalue weighted by atomic mass is 19.1. The lowest BCUT2D eigenvalue weighted by molar-refractivity contribution is 0.166. The predicted octanol–water partition coefficient (Wildman–Crippen LogP) is 2.32. The Balaban J connectivity index is 2.24. The van der Waals surface area contributed by atoms with Crippen molar-refractivity contribution < 1.29 is 8.78 Å². The van der Waals surface area contributed by atoms with Gasteiger partial charge in [-0.3, -0.25) is 4.90 Å². The molecule has 2 nitrogen and oxygen atoms in total. The summed E-state index contributed by atoms with van der Waals surface area (Å²) in [5.74, 6) is -0.674. The van der Waals surface area contributed by atoms with E-state index in [1.807, 2.05) is 6.92 Å². The molecule has 17 heavy (non-hydrogen) atoms. The first-order valence-electron chi connectivity index (χ1n) is 6.12. The molecule has 0 unspecified atom stereocenters. The summed E-state index contributed by atoms with van der Waals surface area (Å²) in [6, 6.07) is 3.69. The fourth-order valence-electron chi connectivity index (χ4n) is 2.44. The Bertz CT molecular complexity index is 376. The van der Waals surface area contributed by atoms with Crippen molar-refractivity contribution in [2.24, 2.45) is 0 Å². The number of benzene rings is 1. The topological polar surface area (TPSA) is 15.3 Å². The second kappa shape index (κ2) is 5.56. The van der Waals surface area contributed by atoms with Gasteiger partial charge in [0, 0.05) is 37.8 Å². The fourth-order valence-corrected chi connectivity index (χ4v) is 2.44. The molecule has 1 atom stereocenters. The van der Waals surface area contributed by atoms with Gasteiger partial charge in [-0.1, -0.05) is 6.92 Å². The number of piperazine rings is 1. The average Bonchev–Trinajstić information content (AvgIpc) is 2.36. The van der Waals surface area contributed by atoms with Gasteiger partial charge in [-0.15, -0.1) is 0 Å². The molecule has 0 amide bonds. The minimum atomic E-state index is -0.366. The van der Waals surface area contributed by atoms with E-state index in [-0.39, 0.29) is 17.7 Å². The van der Waals surface area contributed by atoms with Crippen LogP contribution in [0.2, 0.25) is 0 Å². The van der Waals surface area contributed by atoms with Crippen molar-refractivity contribution in [2.45, 2.75) is 19.4 Å². The third-order valence-electron chi connectivity index (χ3n) is 3.30. The smallest absolute Gasteiger partial charge is 0.128 e. The van der Waals surface area contributed by atoms with Gasteiger partial charge in [0.2, 0.25) is 0 Å². The van der Waals surface area contributed by atoms with Crippen LogP contribution in [-0.4, -0.2) is 31.1 Å². The van der Waals surface area contributed by atoms with Gasteiger partial charge in [-0.05, 0) is 24.6 Å². The van der Waals surface area contributed by atoms with Gasteiger partial charge in [0.05, 0.1) is 0 Å². The van der Waals surface area contributed by atoms with E-state index in [4.69, 9.17) is 0 Å². The molecule has 1 aliphatic heterocycles. The van der Waals surface area contributed by atoms with Crippen molar-refractivity contribution in [3.05, 3.63) is 35.4 Å². The van der Waals surface area contributed by atoms with Crippen LogP contribution >= 0.6 is 0 Å². The monoisotopic (exact) mass is 240 g/mol. The van der Waals surface area contributed by atoms with E-state index >= 15 is 0 Å². The largest absolute Gasteiger partial charge is 0.314 e. The van der Waals surface area contributed by atoms with E-state index in [0.29, 0.717) is 5.56 Å². The predicted molar refractivity (Wildman–Crippen MR) is 63.8 cm³/mol. The lowest BCUT2D eigenvalue weighted by Crippen LogP contribution is -2.45. The van der Waals surface area contributed by atoms with Gasteiger partial charge >= 0.3 is 0 Å². The summed E-state index contributed by atoms with van der Waals surface area (Å²) in [6.45, 7) is 5.60. The molecule has 0 aromatic heterocycles. The van der Waals surface area contributed by atoms with Gasteiger partial charge in [0.1, 0.15) is 11.6 Å². The number of rotatable bonds is 3. The number of nitrogens with one attached hydrogen (secondary N) is 1. The summed E-state index contributed by atoms with van der Waals surface area (Å²) in [5.41, 5.74) is 0.481. The summed E-state index contributed by atoms with van der Waals surface area (Å²) in [5, 5.41) is 3.26. The van der Waals surface area contributed by atoms with Gasteiger partial charge in [-0.25, -0.2) is 8.78 Å². The number of hydrogen-bond donors (Lipinski definition) is 1. The van der Waals surface area contributed by atoms with Crippen molar-refractivity contribution in [3.63, 3.8) is 0 Å². The van der Waals surface area contributed by atoms with Crippen LogP contribution in [0.4, 0.5) is 8.78 Å². The second-order valence-electron chi connectivity index (χ2n) is 4.38. The van der Waals surface area contributed by atoms with Crippen molar-refractivity contribution in [3.8, 4) is 0 Å². The second-order valence-corrected chi connectivity index (χ2v) is 4.38. The zero-order chi connectivity index (χ0) is 12.3. The van der Waals surface area contributed by atoms with Crippen molar-refractivity contribution >= 4 is 0 Å². The summed E-state index contributed by atoms with van der Waals surface area (Å²) >= 11 is 0. The average molecular weight is 240 g/mol. The van der Waals surface area contributed by atoms with Gasteiger partial charge in [-0.2, -0.15) is 0 Å². The third kappa shape index (κ3) is 2.82. The van der Waals surface area contributed by atoms with Gasteiger partial charge in [0.25, 0.3) is 0 Å². The van der Waals surface area contributed by atoms with E-state index in [2.05, 4.69) is 10.2 Å². The van der Waals surface area contributed by atoms with E-state index in [9.17, 15) is 8.78 Å². The van der Waals surface area contributed by atoms with Crippen molar-refractivity contribution in [1.82, 2.24) is 10.2 Å². The Morgan fingerprint density at radius 2 is 2.00 bits per heavy atom. The number of hydrogen-bond acceptors (Lipinski definition) is 2. The van der Waals surface area contributed by atoms with E-state index in [0.717, 1.165) is 32.6 Å². The Hall–Kier alpha value is -1.00. The molecule has 1 aliphatic rings. The standard InChI is InChI=1S/C13H18F2N2/c1-2-13(17-7-5-16-6-8-17)11-9-10(14)3-4-12(11)15/h3-4,9,13,16H,2,5-8H2,1H3/t13-/m0/s1. The highest BCUT2D eigenvalue weighted by molar-refractivity contribution is 5.22. The summed E-state index contributed by atoms with van der Waals surface area (Å²) < 4.78 is 27.0. The lowest BCUT2D eigenvalue weighted by atomic mass is 10.0. The van der Waals surface area contributed by atoms with Crippen LogP contribution in [0, 0.1) is 11.6 Å². The minimum Gasteiger partial charge on any atom is -0.314 e. The molecule has 0 spiro atoms. The molecule has 94 valence electrons. The molecule has 1 heterocycles. The zero-order valence-electron chi connectivity index (χ0n) is 10.0. The van der Waals surface area contributed by atoms with Crippen LogP contribution in [0.1, 0.15) is 24.9 Å². The third-order valence-corrected chi connectivity index (χ3v) is 3.30. The fraction of sp³-hybridized carbons (Fsp3) is 0.538. The van der Waals surface area contributed by atoms with Crippen molar-refractivity contribution in [2.75, 3.05) is 26.2 Å². The highest BCUT2D eigenvalue weighted by Crippen LogP contribution is 2.27. The molecule has 2 rings (SSSR count). The first-order valence-corrected chi connectivity index (χ1v) is 6.12. The van der Waals surface area contributed by atoms with Gasteiger partial charge < -0.3 is 5.32 Å². The summed E-state index contributed by atoms with van der Waals surface area (Å²) in [4.78, 5) is 2.22. The minimum absolute atomic E-state index is 0.0206. The molecule has 0 aliphatic carbocycles. The SMILES string of the molecule is CC[C@@H](c1cc(F)ccc1F)N1CCNCC1. The molecule has 1 aromatic rings. The van der Waals surface area contributed by atoms with Crippen LogP contribution in [-0.2, 0) is 0 Å². The molecular formula is C13H18F2N2. The number of nitrogens with zero attached hydrogens (tertiary/aromatic N) is 1. The van der Waals surface area contributed by atoms with E-state index < -0.39 is 0 Å². The maximum Gasteiger partial charge on any atom is 0.128 e. The maximum atomic E-state index is 13.8. The summed E-state index contributed by atoms with van der Waals surface area (Å²) in [7, 11) is 0. The molecule has 1 saturated heterocycles. The quantitative estimate of drug-likeness (QED) is 0.872. The Morgan fingerprint density at radius 3 is 2.65 bits per heavy atom. The molecule has 1 fully saturated rings. The van der Waals surface area contributed by atoms with Crippen LogP contribution in [0.3, 0.4) is 0 Å². The zero-order valence-corrected chi connectivity index (χ0v) is 10.0. The molecule has 1 N–H and O–H groups in total. The molecule has 4 heteroatoms. The van der Waals surface area contributed by atoms with Crippen molar-refractivity contribution in [1.29, 1.82) is 0 Å². The molecule has 0 bridgehead atoms. The normalized spacial score (nSPS) is 19.2. The first kappa shape index (κ1) is 12.5. The first-order chi connectivity index (χ1) is 8.22. The summed E-state index contributed by atoms with van der Waals surface area (Å²) in [6.07, 6.45) is 0.792. The van der Waals surface area contributed by atoms with E-state index in [1.165, 1.54) is 18.2 Å². The maximum absolute atomic E-state index is 13.8. The Morgan fingerprint density at radius 1 is 1.29 bits per heavy atom. The molecule has 0 saturated carbocycles. The Labute approximate surface area is 101 Å². The van der Waals surface area contributed by atoms with Crippen LogP contribution < -0.4 is 5.32 Å². The molecular weight excluding hydrogens is 222 g/mol. The van der Waals surface area contributed by atoms with Crippen LogP contribution in [0.5, 0.6) is 0 Å². The van der Waals surface area contributed by atoms with Crippen LogP contribution in [0.25, 0.3) is 0 Å². The van der Waals surface area contributed by atoms with E-state index in [1.54, 1.807) is 0 Å². The lowest BCUT2D eigenvalue weighted by Gasteiger charge is -2.34. The Kier molecular flexibility index (Phi) is 4.07.